The van der Waals surface area contributed by atoms with Gasteiger partial charge in [0, 0.05) is 22.0 Å². The first-order valence-corrected chi connectivity index (χ1v) is 9.96. The van der Waals surface area contributed by atoms with Crippen LogP contribution in [0.25, 0.3) is 11.1 Å². The minimum atomic E-state index is -1.11. The molecular formula is C19H20FNO5S. The summed E-state index contributed by atoms with van der Waals surface area (Å²) in [5, 5.41) is 2.58. The average molecular weight is 393 g/mol. The summed E-state index contributed by atoms with van der Waals surface area (Å²) in [4.78, 5) is 12.0. The molecule has 0 aromatic heterocycles. The SMILES string of the molecule is C1COCCO1.CS(=O)c1cccc(-c2cc(F)c3c(c2)NC(=O)CO3)c1. The van der Waals surface area contributed by atoms with Crippen molar-refractivity contribution in [2.24, 2.45) is 0 Å². The summed E-state index contributed by atoms with van der Waals surface area (Å²) in [6, 6.07) is 10.0. The van der Waals surface area contributed by atoms with Crippen LogP contribution in [0.1, 0.15) is 0 Å². The van der Waals surface area contributed by atoms with Gasteiger partial charge >= 0.3 is 0 Å². The highest BCUT2D eigenvalue weighted by Gasteiger charge is 2.21. The van der Waals surface area contributed by atoms with Gasteiger partial charge in [0.1, 0.15) is 0 Å². The third kappa shape index (κ3) is 5.12. The summed E-state index contributed by atoms with van der Waals surface area (Å²) >= 11 is 0. The maximum atomic E-state index is 14.1. The van der Waals surface area contributed by atoms with Gasteiger partial charge in [0.15, 0.2) is 18.2 Å². The van der Waals surface area contributed by atoms with E-state index >= 15 is 0 Å². The van der Waals surface area contributed by atoms with Crippen LogP contribution in [0.2, 0.25) is 0 Å². The Kier molecular flexibility index (Phi) is 6.54. The molecule has 2 heterocycles. The van der Waals surface area contributed by atoms with E-state index in [1.165, 1.54) is 6.07 Å². The molecule has 0 aliphatic carbocycles. The fraction of sp³-hybridized carbons (Fsp3) is 0.316. The van der Waals surface area contributed by atoms with Crippen LogP contribution in [-0.4, -0.2) is 49.4 Å². The second-order valence-corrected chi connectivity index (χ2v) is 7.26. The van der Waals surface area contributed by atoms with Crippen molar-refractivity contribution >= 4 is 22.4 Å². The molecule has 1 amide bonds. The zero-order chi connectivity index (χ0) is 19.2. The molecule has 27 heavy (non-hydrogen) atoms. The summed E-state index contributed by atoms with van der Waals surface area (Å²) in [7, 11) is -1.11. The first kappa shape index (κ1) is 19.5. The van der Waals surface area contributed by atoms with E-state index in [1.54, 1.807) is 36.6 Å². The van der Waals surface area contributed by atoms with E-state index in [9.17, 15) is 13.4 Å². The zero-order valence-electron chi connectivity index (χ0n) is 14.8. The number of amides is 1. The second kappa shape index (κ2) is 9.07. The van der Waals surface area contributed by atoms with Crippen molar-refractivity contribution in [2.45, 2.75) is 4.90 Å². The lowest BCUT2D eigenvalue weighted by Gasteiger charge is -2.19. The number of hydrogen-bond donors (Lipinski definition) is 1. The Labute approximate surface area is 159 Å². The molecule has 2 aromatic carbocycles. The number of anilines is 1. The van der Waals surface area contributed by atoms with Crippen LogP contribution in [0.4, 0.5) is 10.1 Å². The van der Waals surface area contributed by atoms with Crippen molar-refractivity contribution in [1.82, 2.24) is 0 Å². The number of rotatable bonds is 2. The van der Waals surface area contributed by atoms with Crippen molar-refractivity contribution < 1.29 is 27.6 Å². The molecule has 2 aromatic rings. The summed E-state index contributed by atoms with van der Waals surface area (Å²) < 4.78 is 40.6. The maximum Gasteiger partial charge on any atom is 0.262 e. The van der Waals surface area contributed by atoms with Crippen molar-refractivity contribution in [3.05, 3.63) is 42.2 Å². The normalized spacial score (nSPS) is 16.9. The number of nitrogens with one attached hydrogen (secondary N) is 1. The molecule has 2 aliphatic rings. The van der Waals surface area contributed by atoms with Gasteiger partial charge < -0.3 is 19.5 Å². The lowest BCUT2D eigenvalue weighted by atomic mass is 10.0. The molecule has 8 heteroatoms. The van der Waals surface area contributed by atoms with Gasteiger partial charge in [-0.2, -0.15) is 0 Å². The van der Waals surface area contributed by atoms with Crippen LogP contribution >= 0.6 is 0 Å². The quantitative estimate of drug-likeness (QED) is 0.849. The van der Waals surface area contributed by atoms with E-state index < -0.39 is 16.6 Å². The summed E-state index contributed by atoms with van der Waals surface area (Å²) in [6.45, 7) is 2.92. The largest absolute Gasteiger partial charge is 0.478 e. The molecule has 0 radical (unpaired) electrons. The summed E-state index contributed by atoms with van der Waals surface area (Å²) in [6.07, 6.45) is 1.58. The van der Waals surface area contributed by atoms with E-state index in [0.717, 1.165) is 32.0 Å². The van der Waals surface area contributed by atoms with Gasteiger partial charge in [0.25, 0.3) is 5.91 Å². The lowest BCUT2D eigenvalue weighted by molar-refractivity contribution is -0.118. The molecular weight excluding hydrogens is 373 g/mol. The molecule has 1 unspecified atom stereocenters. The highest BCUT2D eigenvalue weighted by molar-refractivity contribution is 7.84. The molecule has 1 saturated heterocycles. The fourth-order valence-corrected chi connectivity index (χ4v) is 3.18. The third-order valence-electron chi connectivity index (χ3n) is 3.91. The van der Waals surface area contributed by atoms with E-state index in [-0.39, 0.29) is 18.3 Å². The minimum Gasteiger partial charge on any atom is -0.478 e. The van der Waals surface area contributed by atoms with E-state index in [1.807, 2.05) is 0 Å². The smallest absolute Gasteiger partial charge is 0.262 e. The van der Waals surface area contributed by atoms with E-state index in [4.69, 9.17) is 14.2 Å². The Morgan fingerprint density at radius 1 is 1.04 bits per heavy atom. The molecule has 1 fully saturated rings. The Morgan fingerprint density at radius 3 is 2.37 bits per heavy atom. The molecule has 4 rings (SSSR count). The van der Waals surface area contributed by atoms with Gasteiger partial charge in [-0.3, -0.25) is 9.00 Å². The van der Waals surface area contributed by atoms with E-state index in [0.29, 0.717) is 16.1 Å². The van der Waals surface area contributed by atoms with Crippen molar-refractivity contribution in [2.75, 3.05) is 44.6 Å². The molecule has 144 valence electrons. The molecule has 1 atom stereocenters. The molecule has 6 nitrogen and oxygen atoms in total. The van der Waals surface area contributed by atoms with Crippen LogP contribution in [0, 0.1) is 5.82 Å². The highest BCUT2D eigenvalue weighted by Crippen LogP contribution is 2.35. The van der Waals surface area contributed by atoms with Gasteiger partial charge in [0.05, 0.1) is 32.1 Å². The number of ether oxygens (including phenoxy) is 3. The number of hydrogen-bond acceptors (Lipinski definition) is 5. The number of carbonyl (C=O) groups excluding carboxylic acids is 1. The van der Waals surface area contributed by atoms with Crippen LogP contribution in [-0.2, 0) is 25.1 Å². The lowest BCUT2D eigenvalue weighted by Crippen LogP contribution is -2.26. The van der Waals surface area contributed by atoms with Crippen molar-refractivity contribution in [3.63, 3.8) is 0 Å². The standard InChI is InChI=1S/C15H12FNO3S.C4H8O2/c1-21(19)11-4-2-3-9(5-11)10-6-12(16)15-13(7-10)17-14(18)8-20-15;1-2-6-4-3-5-1/h2-7H,8H2,1H3,(H,17,18);1-4H2. The molecule has 1 N–H and O–H groups in total. The number of carbonyl (C=O) groups is 1. The first-order chi connectivity index (χ1) is 13.0. The third-order valence-corrected chi connectivity index (χ3v) is 4.83. The van der Waals surface area contributed by atoms with Gasteiger partial charge in [-0.05, 0) is 35.4 Å². The summed E-state index contributed by atoms with van der Waals surface area (Å²) in [5.41, 5.74) is 1.62. The molecule has 2 aliphatic heterocycles. The minimum absolute atomic E-state index is 0.0496. The molecule has 0 spiro atoms. The Bertz CT molecular complexity index is 842. The van der Waals surface area contributed by atoms with Crippen LogP contribution in [0.3, 0.4) is 0 Å². The van der Waals surface area contributed by atoms with Crippen LogP contribution in [0.5, 0.6) is 5.75 Å². The van der Waals surface area contributed by atoms with Crippen molar-refractivity contribution in [3.8, 4) is 16.9 Å². The zero-order valence-corrected chi connectivity index (χ0v) is 15.6. The number of halogens is 1. The molecule has 0 bridgehead atoms. The number of benzene rings is 2. The molecule has 0 saturated carbocycles. The van der Waals surface area contributed by atoms with Gasteiger partial charge in [-0.15, -0.1) is 0 Å². The monoisotopic (exact) mass is 393 g/mol. The Balaban J connectivity index is 0.000000299. The van der Waals surface area contributed by atoms with Crippen molar-refractivity contribution in [1.29, 1.82) is 0 Å². The highest BCUT2D eigenvalue weighted by atomic mass is 32.2. The Hall–Kier alpha value is -2.29. The topological polar surface area (TPSA) is 73.9 Å². The maximum absolute atomic E-state index is 14.1. The first-order valence-electron chi connectivity index (χ1n) is 8.40. The van der Waals surface area contributed by atoms with E-state index in [2.05, 4.69) is 5.32 Å². The summed E-state index contributed by atoms with van der Waals surface area (Å²) in [5.74, 6) is -0.804. The van der Waals surface area contributed by atoms with Gasteiger partial charge in [0.2, 0.25) is 0 Å². The Morgan fingerprint density at radius 2 is 1.74 bits per heavy atom. The predicted molar refractivity (Wildman–Crippen MR) is 99.9 cm³/mol. The predicted octanol–water partition coefficient (Wildman–Crippen LogP) is 2.59. The fourth-order valence-electron chi connectivity index (χ4n) is 2.62. The van der Waals surface area contributed by atoms with Gasteiger partial charge in [-0.1, -0.05) is 12.1 Å². The van der Waals surface area contributed by atoms with Gasteiger partial charge in [-0.25, -0.2) is 4.39 Å². The average Bonchev–Trinajstić information content (AvgIpc) is 2.69. The second-order valence-electron chi connectivity index (χ2n) is 5.88. The van der Waals surface area contributed by atoms with Crippen LogP contribution < -0.4 is 10.1 Å². The van der Waals surface area contributed by atoms with Crippen LogP contribution in [0.15, 0.2) is 41.3 Å². The number of fused-ring (bicyclic) bond motifs is 1.